The van der Waals surface area contributed by atoms with Crippen molar-refractivity contribution in [1.82, 2.24) is 10.2 Å². The summed E-state index contributed by atoms with van der Waals surface area (Å²) >= 11 is 0. The van der Waals surface area contributed by atoms with Gasteiger partial charge in [0.25, 0.3) is 0 Å². The molecule has 0 unspecified atom stereocenters. The fourth-order valence-corrected chi connectivity index (χ4v) is 1.47. The Kier molecular flexibility index (Phi) is 2.38. The Morgan fingerprint density at radius 2 is 1.93 bits per heavy atom. The van der Waals surface area contributed by atoms with Crippen molar-refractivity contribution in [2.24, 2.45) is 0 Å². The predicted octanol–water partition coefficient (Wildman–Crippen LogP) is 3.06. The van der Waals surface area contributed by atoms with Gasteiger partial charge in [0.05, 0.1) is 5.52 Å². The van der Waals surface area contributed by atoms with E-state index in [1.807, 2.05) is 0 Å². The van der Waals surface area contributed by atoms with Gasteiger partial charge in [0.2, 0.25) is 0 Å². The minimum atomic E-state index is -4.12. The molecule has 0 fully saturated rings. The third-order valence-electron chi connectivity index (χ3n) is 2.20. The predicted molar refractivity (Wildman–Crippen MR) is 50.5 cm³/mol. The summed E-state index contributed by atoms with van der Waals surface area (Å²) in [4.78, 5) is 0. The molecule has 0 atom stereocenters. The molecule has 0 spiro atoms. The van der Waals surface area contributed by atoms with Crippen LogP contribution in [0.2, 0.25) is 0 Å². The van der Waals surface area contributed by atoms with Crippen molar-refractivity contribution in [3.8, 4) is 0 Å². The lowest BCUT2D eigenvalue weighted by molar-refractivity contribution is -0.134. The Bertz CT molecular complexity index is 459. The van der Waals surface area contributed by atoms with Gasteiger partial charge < -0.3 is 0 Å². The maximum Gasteiger partial charge on any atom is 0.389 e. The largest absolute Gasteiger partial charge is 0.389 e. The Morgan fingerprint density at radius 3 is 2.67 bits per heavy atom. The van der Waals surface area contributed by atoms with Crippen LogP contribution in [-0.4, -0.2) is 16.4 Å². The minimum absolute atomic E-state index is 0.0516. The number of nitrogens with one attached hydrogen (secondary N) is 1. The highest BCUT2D eigenvalue weighted by Crippen LogP contribution is 2.24. The summed E-state index contributed by atoms with van der Waals surface area (Å²) in [5.41, 5.74) is 1.25. The van der Waals surface area contributed by atoms with Crippen LogP contribution in [0, 0.1) is 0 Å². The lowest BCUT2D eigenvalue weighted by atomic mass is 10.1. The molecule has 1 heterocycles. The number of benzene rings is 1. The number of H-pyrrole nitrogens is 1. The van der Waals surface area contributed by atoms with E-state index < -0.39 is 12.6 Å². The van der Waals surface area contributed by atoms with E-state index >= 15 is 0 Å². The number of rotatable bonds is 2. The molecule has 15 heavy (non-hydrogen) atoms. The smallest absolute Gasteiger partial charge is 0.281 e. The van der Waals surface area contributed by atoms with Crippen molar-refractivity contribution < 1.29 is 13.2 Å². The SMILES string of the molecule is FC(F)(F)CCc1[nH]nc2ccccc12. The van der Waals surface area contributed by atoms with Crippen LogP contribution in [0.1, 0.15) is 12.1 Å². The highest BCUT2D eigenvalue weighted by molar-refractivity contribution is 5.81. The highest BCUT2D eigenvalue weighted by Gasteiger charge is 2.27. The van der Waals surface area contributed by atoms with E-state index in [0.717, 1.165) is 5.39 Å². The lowest BCUT2D eigenvalue weighted by Crippen LogP contribution is -2.08. The van der Waals surface area contributed by atoms with Crippen LogP contribution < -0.4 is 0 Å². The molecule has 2 nitrogen and oxygen atoms in total. The first kappa shape index (κ1) is 10.0. The number of halogens is 3. The summed E-state index contributed by atoms with van der Waals surface area (Å²) in [6.45, 7) is 0. The van der Waals surface area contributed by atoms with Crippen LogP contribution in [-0.2, 0) is 6.42 Å². The standard InChI is InChI=1S/C10H9F3N2/c11-10(12,13)6-5-9-7-3-1-2-4-8(7)14-15-9/h1-4H,5-6H2,(H,14,15). The van der Waals surface area contributed by atoms with Crippen LogP contribution in [0.3, 0.4) is 0 Å². The van der Waals surface area contributed by atoms with E-state index in [1.165, 1.54) is 0 Å². The molecule has 2 aromatic rings. The zero-order chi connectivity index (χ0) is 10.9. The third-order valence-corrected chi connectivity index (χ3v) is 2.20. The number of aryl methyl sites for hydroxylation is 1. The van der Waals surface area contributed by atoms with Crippen LogP contribution in [0.25, 0.3) is 10.9 Å². The van der Waals surface area contributed by atoms with Crippen LogP contribution in [0.5, 0.6) is 0 Å². The molecule has 2 rings (SSSR count). The Hall–Kier alpha value is -1.52. The maximum atomic E-state index is 12.0. The molecule has 1 N–H and O–H groups in total. The lowest BCUT2D eigenvalue weighted by Gasteiger charge is -2.04. The number of aromatic nitrogens is 2. The van der Waals surface area contributed by atoms with Crippen molar-refractivity contribution >= 4 is 10.9 Å². The van der Waals surface area contributed by atoms with Gasteiger partial charge in [-0.2, -0.15) is 18.3 Å². The molecule has 5 heteroatoms. The monoisotopic (exact) mass is 214 g/mol. The maximum absolute atomic E-state index is 12.0. The van der Waals surface area contributed by atoms with Crippen molar-refractivity contribution in [3.05, 3.63) is 30.0 Å². The van der Waals surface area contributed by atoms with Gasteiger partial charge in [-0.05, 0) is 12.5 Å². The van der Waals surface area contributed by atoms with Gasteiger partial charge in [0.1, 0.15) is 0 Å². The van der Waals surface area contributed by atoms with Gasteiger partial charge in [-0.25, -0.2) is 0 Å². The Morgan fingerprint density at radius 1 is 1.20 bits per heavy atom. The molecule has 0 amide bonds. The third kappa shape index (κ3) is 2.29. The average molecular weight is 214 g/mol. The van der Waals surface area contributed by atoms with E-state index in [4.69, 9.17) is 0 Å². The van der Waals surface area contributed by atoms with E-state index in [-0.39, 0.29) is 6.42 Å². The molecule has 0 radical (unpaired) electrons. The second-order valence-corrected chi connectivity index (χ2v) is 3.33. The number of fused-ring (bicyclic) bond motifs is 1. The summed E-state index contributed by atoms with van der Waals surface area (Å²) in [5, 5.41) is 7.33. The Balaban J connectivity index is 2.22. The zero-order valence-electron chi connectivity index (χ0n) is 7.80. The van der Waals surface area contributed by atoms with Crippen molar-refractivity contribution in [3.63, 3.8) is 0 Å². The van der Waals surface area contributed by atoms with Gasteiger partial charge in [0.15, 0.2) is 0 Å². The molecule has 0 saturated heterocycles. The Labute approximate surface area is 84.1 Å². The molecule has 0 saturated carbocycles. The van der Waals surface area contributed by atoms with Gasteiger partial charge in [-0.3, -0.25) is 5.10 Å². The number of hydrogen-bond acceptors (Lipinski definition) is 1. The van der Waals surface area contributed by atoms with Crippen molar-refractivity contribution in [1.29, 1.82) is 0 Å². The normalized spacial score (nSPS) is 12.2. The van der Waals surface area contributed by atoms with E-state index in [0.29, 0.717) is 11.2 Å². The van der Waals surface area contributed by atoms with E-state index in [9.17, 15) is 13.2 Å². The minimum Gasteiger partial charge on any atom is -0.281 e. The molecule has 80 valence electrons. The number of nitrogens with zero attached hydrogens (tertiary/aromatic N) is 1. The van der Waals surface area contributed by atoms with E-state index in [2.05, 4.69) is 10.2 Å². The first-order chi connectivity index (χ1) is 7.06. The molecule has 1 aromatic heterocycles. The van der Waals surface area contributed by atoms with Crippen molar-refractivity contribution in [2.45, 2.75) is 19.0 Å². The van der Waals surface area contributed by atoms with Crippen LogP contribution in [0.4, 0.5) is 13.2 Å². The molecule has 0 bridgehead atoms. The molecule has 0 aliphatic carbocycles. The molecule has 0 aliphatic rings. The van der Waals surface area contributed by atoms with E-state index in [1.54, 1.807) is 24.3 Å². The summed E-state index contributed by atoms with van der Waals surface area (Å²) in [6.07, 6.45) is -4.99. The number of aromatic amines is 1. The topological polar surface area (TPSA) is 28.7 Å². The second kappa shape index (κ2) is 3.56. The fraction of sp³-hybridized carbons (Fsp3) is 0.300. The van der Waals surface area contributed by atoms with Crippen LogP contribution in [0.15, 0.2) is 24.3 Å². The van der Waals surface area contributed by atoms with Gasteiger partial charge in [-0.15, -0.1) is 0 Å². The van der Waals surface area contributed by atoms with Gasteiger partial charge in [0, 0.05) is 17.5 Å². The first-order valence-electron chi connectivity index (χ1n) is 4.55. The summed E-state index contributed by atoms with van der Waals surface area (Å²) in [6, 6.07) is 7.12. The summed E-state index contributed by atoms with van der Waals surface area (Å²) < 4.78 is 36.0. The zero-order valence-corrected chi connectivity index (χ0v) is 7.80. The highest BCUT2D eigenvalue weighted by atomic mass is 19.4. The molecule has 1 aromatic carbocycles. The van der Waals surface area contributed by atoms with Crippen molar-refractivity contribution in [2.75, 3.05) is 0 Å². The molecular formula is C10H9F3N2. The quantitative estimate of drug-likeness (QED) is 0.817. The average Bonchev–Trinajstić information content (AvgIpc) is 2.57. The summed E-state index contributed by atoms with van der Waals surface area (Å²) in [7, 11) is 0. The number of hydrogen-bond donors (Lipinski definition) is 1. The second-order valence-electron chi connectivity index (χ2n) is 3.33. The summed E-state index contributed by atoms with van der Waals surface area (Å²) in [5.74, 6) is 0. The van der Waals surface area contributed by atoms with Gasteiger partial charge in [-0.1, -0.05) is 18.2 Å². The number of para-hydroxylation sites is 1. The first-order valence-corrected chi connectivity index (χ1v) is 4.55. The van der Waals surface area contributed by atoms with Crippen LogP contribution >= 0.6 is 0 Å². The molecular weight excluding hydrogens is 205 g/mol. The number of alkyl halides is 3. The van der Waals surface area contributed by atoms with Gasteiger partial charge >= 0.3 is 6.18 Å². The molecule has 0 aliphatic heterocycles. The fourth-order valence-electron chi connectivity index (χ4n) is 1.47.